The van der Waals surface area contributed by atoms with Gasteiger partial charge in [-0.1, -0.05) is 43.3 Å². The number of amidine groups is 1. The summed E-state index contributed by atoms with van der Waals surface area (Å²) in [4.78, 5) is 28.8. The van der Waals surface area contributed by atoms with Gasteiger partial charge < -0.3 is 14.8 Å². The van der Waals surface area contributed by atoms with E-state index >= 15 is 0 Å². The van der Waals surface area contributed by atoms with Crippen LogP contribution in [0.15, 0.2) is 34.4 Å². The van der Waals surface area contributed by atoms with E-state index in [4.69, 9.17) is 9.47 Å². The van der Waals surface area contributed by atoms with Gasteiger partial charge in [0.05, 0.1) is 29.8 Å². The molecule has 0 spiro atoms. The van der Waals surface area contributed by atoms with Gasteiger partial charge in [-0.2, -0.15) is 0 Å². The maximum absolute atomic E-state index is 13.9. The van der Waals surface area contributed by atoms with Crippen molar-refractivity contribution in [2.75, 3.05) is 38.2 Å². The fourth-order valence-electron chi connectivity index (χ4n) is 5.21. The number of alkyl halides is 2. The zero-order valence-electron chi connectivity index (χ0n) is 24.0. The first-order valence-electron chi connectivity index (χ1n) is 14.4. The van der Waals surface area contributed by atoms with E-state index in [0.29, 0.717) is 42.7 Å². The summed E-state index contributed by atoms with van der Waals surface area (Å²) >= 11 is 1.36. The Labute approximate surface area is 245 Å². The Morgan fingerprint density at radius 1 is 1.32 bits per heavy atom. The summed E-state index contributed by atoms with van der Waals surface area (Å²) < 4.78 is 38.8. The second-order valence-corrected chi connectivity index (χ2v) is 11.9. The number of rotatable bonds is 10. The molecule has 1 amide bonds. The van der Waals surface area contributed by atoms with E-state index in [9.17, 15) is 13.6 Å². The molecule has 1 aliphatic heterocycles. The Balaban J connectivity index is 1.30. The molecule has 4 rings (SSSR count). The van der Waals surface area contributed by atoms with Crippen LogP contribution in [-0.4, -0.2) is 78.8 Å². The molecule has 11 heteroatoms. The minimum Gasteiger partial charge on any atom is -0.374 e. The lowest BCUT2D eigenvalue weighted by molar-refractivity contribution is -0.125. The molecule has 2 saturated carbocycles. The van der Waals surface area contributed by atoms with E-state index in [-0.39, 0.29) is 37.1 Å². The molecular formula is C30H41F2N5O3S. The smallest absolute Gasteiger partial charge is 0.283 e. The van der Waals surface area contributed by atoms with Crippen LogP contribution in [0.5, 0.6) is 0 Å². The number of allylic oxidation sites excluding steroid dienone is 2. The van der Waals surface area contributed by atoms with Crippen molar-refractivity contribution < 1.29 is 23.0 Å². The number of ether oxygens (including phenoxy) is 2. The lowest BCUT2D eigenvalue weighted by Crippen LogP contribution is -2.51. The highest BCUT2D eigenvalue weighted by Crippen LogP contribution is 2.35. The number of hydrogen-bond donors (Lipinski definition) is 1. The van der Waals surface area contributed by atoms with Crippen LogP contribution < -0.4 is 5.32 Å². The van der Waals surface area contributed by atoms with E-state index in [2.05, 4.69) is 26.9 Å². The normalized spacial score (nSPS) is 24.9. The zero-order chi connectivity index (χ0) is 29.2. The van der Waals surface area contributed by atoms with E-state index in [1.807, 2.05) is 26.0 Å². The highest BCUT2D eigenvalue weighted by molar-refractivity contribution is 7.16. The van der Waals surface area contributed by atoms with Crippen molar-refractivity contribution in [1.29, 1.82) is 0 Å². The molecule has 3 fully saturated rings. The minimum atomic E-state index is -2.86. The van der Waals surface area contributed by atoms with Gasteiger partial charge in [0.2, 0.25) is 5.91 Å². The van der Waals surface area contributed by atoms with Gasteiger partial charge >= 0.3 is 0 Å². The molecule has 8 nitrogen and oxygen atoms in total. The summed E-state index contributed by atoms with van der Waals surface area (Å²) in [7, 11) is 0. The van der Waals surface area contributed by atoms with Crippen molar-refractivity contribution in [1.82, 2.24) is 9.88 Å². The third-order valence-corrected chi connectivity index (χ3v) is 8.52. The van der Waals surface area contributed by atoms with Gasteiger partial charge in [-0.3, -0.25) is 9.69 Å². The van der Waals surface area contributed by atoms with Crippen LogP contribution in [0.3, 0.4) is 0 Å². The van der Waals surface area contributed by atoms with Crippen molar-refractivity contribution in [2.45, 2.75) is 76.9 Å². The summed E-state index contributed by atoms with van der Waals surface area (Å²) in [5, 5.41) is 3.39. The van der Waals surface area contributed by atoms with Crippen LogP contribution in [0, 0.1) is 5.92 Å². The second kappa shape index (κ2) is 15.0. The fourth-order valence-corrected chi connectivity index (χ4v) is 6.09. The number of amides is 1. The van der Waals surface area contributed by atoms with Crippen molar-refractivity contribution in [3.8, 4) is 0 Å². The molecule has 224 valence electrons. The lowest BCUT2D eigenvalue weighted by atomic mass is 9.78. The van der Waals surface area contributed by atoms with Gasteiger partial charge in [-0.25, -0.2) is 23.7 Å². The Morgan fingerprint density at radius 3 is 2.83 bits per heavy atom. The Morgan fingerprint density at radius 2 is 2.10 bits per heavy atom. The minimum absolute atomic E-state index is 0.0309. The second-order valence-electron chi connectivity index (χ2n) is 10.9. The lowest BCUT2D eigenvalue weighted by Gasteiger charge is -2.42. The maximum atomic E-state index is 13.9. The number of aromatic nitrogens is 1. The zero-order valence-corrected chi connectivity index (χ0v) is 24.8. The third kappa shape index (κ3) is 9.46. The molecule has 2 heterocycles. The number of carbonyl (C=O) groups excluding carboxylic acids is 1. The first-order valence-corrected chi connectivity index (χ1v) is 15.2. The average molecular weight is 590 g/mol. The molecule has 0 radical (unpaired) electrons. The molecule has 0 aromatic carbocycles. The number of halogens is 2. The van der Waals surface area contributed by atoms with Crippen LogP contribution >= 0.6 is 11.3 Å². The molecule has 1 aromatic rings. The van der Waals surface area contributed by atoms with Gasteiger partial charge in [0, 0.05) is 30.9 Å². The predicted molar refractivity (Wildman–Crippen MR) is 162 cm³/mol. The molecule has 2 aliphatic carbocycles. The van der Waals surface area contributed by atoms with Gasteiger partial charge in [0.25, 0.3) is 5.92 Å². The van der Waals surface area contributed by atoms with E-state index in [0.717, 1.165) is 23.3 Å². The molecule has 1 aromatic heterocycles. The monoisotopic (exact) mass is 589 g/mol. The van der Waals surface area contributed by atoms with Crippen LogP contribution in [-0.2, 0) is 14.3 Å². The number of aliphatic imine (C=N–C) groups is 2. The van der Waals surface area contributed by atoms with Crippen molar-refractivity contribution in [2.24, 2.45) is 15.9 Å². The maximum Gasteiger partial charge on any atom is 0.283 e. The number of carbonyl (C=O) groups is 1. The summed E-state index contributed by atoms with van der Waals surface area (Å²) in [6.07, 6.45) is 16.3. The van der Waals surface area contributed by atoms with Crippen LogP contribution in [0.25, 0.3) is 12.2 Å². The van der Waals surface area contributed by atoms with Crippen LogP contribution in [0.2, 0.25) is 0 Å². The van der Waals surface area contributed by atoms with Crippen molar-refractivity contribution >= 4 is 46.6 Å². The quantitative estimate of drug-likeness (QED) is 0.199. The summed E-state index contributed by atoms with van der Waals surface area (Å²) in [5.41, 5.74) is 1.60. The fraction of sp³-hybridized carbons (Fsp3) is 0.600. The van der Waals surface area contributed by atoms with Crippen LogP contribution in [0.4, 0.5) is 13.9 Å². The molecule has 0 unspecified atom stereocenters. The van der Waals surface area contributed by atoms with Gasteiger partial charge in [-0.05, 0) is 57.3 Å². The Hall–Kier alpha value is -2.60. The summed E-state index contributed by atoms with van der Waals surface area (Å²) in [6, 6.07) is -0.0309. The molecule has 1 saturated heterocycles. The Kier molecular flexibility index (Phi) is 11.5. The number of thiazole rings is 1. The van der Waals surface area contributed by atoms with E-state index < -0.39 is 12.5 Å². The van der Waals surface area contributed by atoms with Gasteiger partial charge in [0.1, 0.15) is 13.2 Å². The Bertz CT molecular complexity index is 1170. The highest BCUT2D eigenvalue weighted by atomic mass is 32.1. The number of anilines is 1. The number of nitrogens with zero attached hydrogens (tertiary/aromatic N) is 4. The average Bonchev–Trinajstić information content (AvgIpc) is 3.22. The molecule has 0 atom stereocenters. The molecular weight excluding hydrogens is 548 g/mol. The summed E-state index contributed by atoms with van der Waals surface area (Å²) in [5.74, 6) is -2.58. The molecule has 3 aliphatic rings. The first kappa shape index (κ1) is 31.3. The molecule has 41 heavy (non-hydrogen) atoms. The first-order chi connectivity index (χ1) is 19.8. The van der Waals surface area contributed by atoms with Gasteiger partial charge in [-0.15, -0.1) is 0 Å². The molecule has 0 bridgehead atoms. The van der Waals surface area contributed by atoms with E-state index in [1.165, 1.54) is 30.6 Å². The largest absolute Gasteiger partial charge is 0.374 e. The number of hydrogen-bond acceptors (Lipinski definition) is 7. The van der Waals surface area contributed by atoms with Crippen molar-refractivity contribution in [3.63, 3.8) is 0 Å². The molecule has 1 N–H and O–H groups in total. The highest BCUT2D eigenvalue weighted by Gasteiger charge is 2.43. The van der Waals surface area contributed by atoms with Crippen LogP contribution in [0.1, 0.15) is 69.4 Å². The number of nitrogens with one attached hydrogen (secondary N) is 1. The predicted octanol–water partition coefficient (Wildman–Crippen LogP) is 6.23. The third-order valence-electron chi connectivity index (χ3n) is 7.57. The van der Waals surface area contributed by atoms with Crippen molar-refractivity contribution in [3.05, 3.63) is 35.0 Å². The topological polar surface area (TPSA) is 88.4 Å². The summed E-state index contributed by atoms with van der Waals surface area (Å²) in [6.45, 7) is 7.93. The van der Waals surface area contributed by atoms with E-state index in [1.54, 1.807) is 23.4 Å². The SMILES string of the molecule is C=Cc1nc(NC(=O)C2CC(N3CCOCC(F)(F)C3)C2)sc1/C=C/C(C)=C/N=C(COC1CCCCC1)N=CC. The standard InChI is InChI=1S/C30H41F2N5O3S/c1-4-25-26(12-11-21(3)17-34-27(33-5-2)18-40-24-9-7-6-8-10-24)41-29(35-25)36-28(38)22-15-23(16-22)37-13-14-39-20-30(31,32)19-37/h4-5,11-12,17,22-24H,1,6-10,13-16,18-20H2,2-3H3,(H,35,36,38)/b12-11+,21-17+,33-5?,34-27?. The van der Waals surface area contributed by atoms with Gasteiger partial charge in [0.15, 0.2) is 11.0 Å².